The fraction of sp³-hybridized carbons (Fsp3) is 0.526. The third-order valence-electron chi connectivity index (χ3n) is 9.46. The SMILES string of the molecule is C=N\C(CCN(C)NC1CCCCC(CC)C1)=N/C=C(F)/C(=C(Cl)\C=C(/C)CC1CCC(CNC)N1)c1cccc2ccccc12. The molecule has 1 aliphatic heterocycles. The van der Waals surface area contributed by atoms with Crippen LogP contribution in [-0.2, 0) is 0 Å². The van der Waals surface area contributed by atoms with Gasteiger partial charge in [-0.2, -0.15) is 0 Å². The first-order valence-electron chi connectivity index (χ1n) is 17.1. The highest BCUT2D eigenvalue weighted by Crippen LogP contribution is 2.36. The average molecular weight is 649 g/mol. The van der Waals surface area contributed by atoms with Crippen molar-refractivity contribution in [2.45, 2.75) is 96.2 Å². The van der Waals surface area contributed by atoms with Gasteiger partial charge in [-0.05, 0) is 81.1 Å². The van der Waals surface area contributed by atoms with Gasteiger partial charge in [0, 0.05) is 50.3 Å². The molecule has 250 valence electrons. The number of hydrogen-bond donors (Lipinski definition) is 3. The van der Waals surface area contributed by atoms with Crippen LogP contribution >= 0.6 is 11.6 Å². The molecule has 6 nitrogen and oxygen atoms in total. The Labute approximate surface area is 281 Å². The lowest BCUT2D eigenvalue weighted by atomic mass is 9.96. The molecule has 0 amide bonds. The number of hydrazine groups is 1. The number of nitrogens with one attached hydrogen (secondary N) is 3. The first kappa shape index (κ1) is 36.2. The van der Waals surface area contributed by atoms with Crippen LogP contribution in [0.3, 0.4) is 0 Å². The van der Waals surface area contributed by atoms with E-state index in [0.29, 0.717) is 47.5 Å². The zero-order chi connectivity index (χ0) is 32.9. The summed E-state index contributed by atoms with van der Waals surface area (Å²) in [7, 11) is 4.04. The van der Waals surface area contributed by atoms with Crippen LogP contribution in [0.5, 0.6) is 0 Å². The Morgan fingerprint density at radius 2 is 1.87 bits per heavy atom. The first-order valence-corrected chi connectivity index (χ1v) is 17.5. The molecule has 4 unspecified atom stereocenters. The van der Waals surface area contributed by atoms with Gasteiger partial charge in [-0.25, -0.2) is 19.4 Å². The van der Waals surface area contributed by atoms with Gasteiger partial charge < -0.3 is 10.6 Å². The summed E-state index contributed by atoms with van der Waals surface area (Å²) in [5.41, 5.74) is 5.84. The van der Waals surface area contributed by atoms with Crippen molar-refractivity contribution < 1.29 is 4.39 Å². The molecule has 1 heterocycles. The van der Waals surface area contributed by atoms with Crippen molar-refractivity contribution in [3.8, 4) is 0 Å². The normalized spacial score (nSPS) is 23.9. The molecule has 2 aliphatic rings. The third-order valence-corrected chi connectivity index (χ3v) is 9.76. The molecule has 2 fully saturated rings. The van der Waals surface area contributed by atoms with Gasteiger partial charge in [0.25, 0.3) is 0 Å². The van der Waals surface area contributed by atoms with E-state index in [1.165, 1.54) is 44.7 Å². The summed E-state index contributed by atoms with van der Waals surface area (Å²) in [6, 6.07) is 15.2. The van der Waals surface area contributed by atoms with Crippen molar-refractivity contribution >= 4 is 40.5 Å². The molecule has 2 aromatic rings. The molecule has 8 heteroatoms. The third kappa shape index (κ3) is 10.7. The molecule has 4 atom stereocenters. The van der Waals surface area contributed by atoms with Crippen LogP contribution in [0, 0.1) is 5.92 Å². The van der Waals surface area contributed by atoms with E-state index in [0.717, 1.165) is 53.6 Å². The number of aliphatic imine (C=N–C) groups is 2. The summed E-state index contributed by atoms with van der Waals surface area (Å²) in [6.45, 7) is 9.73. The standard InChI is InChI=1S/C38H54ClFN6/c1-6-28-12-7-9-15-31(24-28)45-46(5)21-20-37(42-4)43-26-36(40)38(34-17-11-14-29-13-8-10-16-33(29)34)35(39)23-27(2)22-30-18-19-32(44-30)25-41-3/h8,10-11,13-14,16-17,23,26,28,30-32,41,44-45H,4,6-7,9,12,15,18-22,24-25H2,1-3,5H3/b27-23+,36-26-,38-35+,43-37-. The number of likely N-dealkylation sites (N-methyl/N-ethyl adjacent to an activating group) is 1. The lowest BCUT2D eigenvalue weighted by molar-refractivity contribution is 0.182. The van der Waals surface area contributed by atoms with E-state index in [2.05, 4.69) is 58.7 Å². The second kappa shape index (κ2) is 18.6. The summed E-state index contributed by atoms with van der Waals surface area (Å²) in [5, 5.41) is 11.4. The Hall–Kier alpha value is -2.68. The van der Waals surface area contributed by atoms with Gasteiger partial charge in [-0.3, -0.25) is 5.43 Å². The molecule has 0 radical (unpaired) electrons. The molecule has 3 N–H and O–H groups in total. The van der Waals surface area contributed by atoms with Crippen LogP contribution < -0.4 is 16.1 Å². The molecular weight excluding hydrogens is 595 g/mol. The number of allylic oxidation sites excluding steroid dienone is 4. The number of halogens is 2. The largest absolute Gasteiger partial charge is 0.318 e. The quantitative estimate of drug-likeness (QED) is 0.0631. The fourth-order valence-corrected chi connectivity index (χ4v) is 7.37. The Balaban J connectivity index is 1.54. The summed E-state index contributed by atoms with van der Waals surface area (Å²) < 4.78 is 16.3. The molecule has 1 aliphatic carbocycles. The molecule has 0 bridgehead atoms. The summed E-state index contributed by atoms with van der Waals surface area (Å²) >= 11 is 7.00. The number of rotatable bonds is 14. The van der Waals surface area contributed by atoms with Crippen LogP contribution in [0.2, 0.25) is 0 Å². The fourth-order valence-electron chi connectivity index (χ4n) is 7.00. The highest BCUT2D eigenvalue weighted by Gasteiger charge is 2.24. The summed E-state index contributed by atoms with van der Waals surface area (Å²) in [6.07, 6.45) is 14.4. The second-order valence-corrected chi connectivity index (χ2v) is 13.5. The monoisotopic (exact) mass is 648 g/mol. The molecule has 0 spiro atoms. The van der Waals surface area contributed by atoms with Crippen molar-refractivity contribution in [1.82, 2.24) is 21.1 Å². The second-order valence-electron chi connectivity index (χ2n) is 13.1. The summed E-state index contributed by atoms with van der Waals surface area (Å²) in [5.74, 6) is 0.771. The molecular formula is C38H54ClFN6. The van der Waals surface area contributed by atoms with Gasteiger partial charge in [-0.1, -0.05) is 92.2 Å². The number of hydrogen-bond acceptors (Lipinski definition) is 5. The highest BCUT2D eigenvalue weighted by atomic mass is 35.5. The molecule has 1 saturated heterocycles. The van der Waals surface area contributed by atoms with E-state index < -0.39 is 5.83 Å². The highest BCUT2D eigenvalue weighted by molar-refractivity contribution is 6.35. The van der Waals surface area contributed by atoms with Crippen LogP contribution in [-0.4, -0.2) is 62.9 Å². The topological polar surface area (TPSA) is 64.0 Å². The molecule has 46 heavy (non-hydrogen) atoms. The van der Waals surface area contributed by atoms with Crippen LogP contribution in [0.1, 0.15) is 83.6 Å². The van der Waals surface area contributed by atoms with E-state index in [1.54, 1.807) is 0 Å². The molecule has 1 saturated carbocycles. The predicted molar refractivity (Wildman–Crippen MR) is 196 cm³/mol. The number of fused-ring (bicyclic) bond motifs is 1. The Morgan fingerprint density at radius 3 is 2.65 bits per heavy atom. The van der Waals surface area contributed by atoms with Gasteiger partial charge in [0.15, 0.2) is 5.83 Å². The van der Waals surface area contributed by atoms with Crippen molar-refractivity contribution in [1.29, 1.82) is 0 Å². The van der Waals surface area contributed by atoms with Crippen molar-refractivity contribution in [2.75, 3.05) is 27.2 Å². The minimum atomic E-state index is -0.504. The van der Waals surface area contributed by atoms with Crippen LogP contribution in [0.4, 0.5) is 4.39 Å². The van der Waals surface area contributed by atoms with E-state index >= 15 is 4.39 Å². The maximum atomic E-state index is 16.3. The number of nitrogens with zero attached hydrogens (tertiary/aromatic N) is 3. The van der Waals surface area contributed by atoms with E-state index in [4.69, 9.17) is 11.6 Å². The van der Waals surface area contributed by atoms with Crippen LogP contribution in [0.15, 0.2) is 81.2 Å². The van der Waals surface area contributed by atoms with Gasteiger partial charge >= 0.3 is 0 Å². The minimum absolute atomic E-state index is 0.329. The maximum Gasteiger partial charge on any atom is 0.150 e. The van der Waals surface area contributed by atoms with Gasteiger partial charge in [0.05, 0.1) is 11.2 Å². The zero-order valence-electron chi connectivity index (χ0n) is 28.3. The van der Waals surface area contributed by atoms with Crippen molar-refractivity contribution in [3.63, 3.8) is 0 Å². The smallest absolute Gasteiger partial charge is 0.150 e. The van der Waals surface area contributed by atoms with Gasteiger partial charge in [-0.15, -0.1) is 0 Å². The Kier molecular flexibility index (Phi) is 14.6. The van der Waals surface area contributed by atoms with Gasteiger partial charge in [0.2, 0.25) is 0 Å². The lowest BCUT2D eigenvalue weighted by Crippen LogP contribution is -2.43. The molecule has 0 aromatic heterocycles. The Bertz CT molecular complexity index is 1410. The van der Waals surface area contributed by atoms with Crippen LogP contribution in [0.25, 0.3) is 16.3 Å². The number of amidine groups is 1. The minimum Gasteiger partial charge on any atom is -0.318 e. The molecule has 2 aromatic carbocycles. The maximum absolute atomic E-state index is 16.3. The van der Waals surface area contributed by atoms with E-state index in [-0.39, 0.29) is 0 Å². The Morgan fingerprint density at radius 1 is 1.11 bits per heavy atom. The predicted octanol–water partition coefficient (Wildman–Crippen LogP) is 8.56. The average Bonchev–Trinajstić information content (AvgIpc) is 3.35. The first-order chi connectivity index (χ1) is 22.3. The summed E-state index contributed by atoms with van der Waals surface area (Å²) in [4.78, 5) is 8.60. The van der Waals surface area contributed by atoms with Gasteiger partial charge in [0.1, 0.15) is 5.84 Å². The lowest BCUT2D eigenvalue weighted by Gasteiger charge is -2.26. The van der Waals surface area contributed by atoms with E-state index in [9.17, 15) is 0 Å². The zero-order valence-corrected chi connectivity index (χ0v) is 29.1. The number of benzene rings is 2. The van der Waals surface area contributed by atoms with Crippen molar-refractivity contribution in [2.24, 2.45) is 15.9 Å². The molecule has 4 rings (SSSR count). The van der Waals surface area contributed by atoms with Crippen molar-refractivity contribution in [3.05, 3.63) is 76.7 Å². The van der Waals surface area contributed by atoms with E-state index in [1.807, 2.05) is 55.6 Å².